The number of nitrogens with zero attached hydrogens (tertiary/aromatic N) is 1. The molecule has 12 heteroatoms. The highest BCUT2D eigenvalue weighted by Crippen LogP contribution is 2.38. The van der Waals surface area contributed by atoms with E-state index in [9.17, 15) is 19.3 Å². The van der Waals surface area contributed by atoms with Crippen molar-refractivity contribution in [3.05, 3.63) is 30.6 Å². The van der Waals surface area contributed by atoms with Crippen LogP contribution in [0.4, 0.5) is 0 Å². The SMILES string of the molecule is O=c1[nH]c(=O)n([C@H]2C[C@@H](O)[C@H](COP(=O)(O)O)O2)cc1I. The summed E-state index contributed by atoms with van der Waals surface area (Å²) < 4.78 is 21.6. The van der Waals surface area contributed by atoms with Gasteiger partial charge in [-0.1, -0.05) is 0 Å². The van der Waals surface area contributed by atoms with Crippen molar-refractivity contribution >= 4 is 30.4 Å². The Labute approximate surface area is 131 Å². The predicted molar refractivity (Wildman–Crippen MR) is 76.6 cm³/mol. The van der Waals surface area contributed by atoms with Gasteiger partial charge in [0.1, 0.15) is 12.3 Å². The molecule has 3 atom stereocenters. The molecular formula is C9H12IN2O8P. The van der Waals surface area contributed by atoms with Crippen molar-refractivity contribution in [1.82, 2.24) is 9.55 Å². The van der Waals surface area contributed by atoms with Crippen LogP contribution in [0.1, 0.15) is 12.6 Å². The molecular weight excluding hydrogens is 422 g/mol. The molecule has 0 saturated carbocycles. The van der Waals surface area contributed by atoms with Gasteiger partial charge in [0.15, 0.2) is 0 Å². The van der Waals surface area contributed by atoms with Crippen LogP contribution in [0.25, 0.3) is 0 Å². The van der Waals surface area contributed by atoms with Crippen molar-refractivity contribution < 1.29 is 28.7 Å². The minimum absolute atomic E-state index is 0.0250. The third-order valence-electron chi connectivity index (χ3n) is 2.85. The summed E-state index contributed by atoms with van der Waals surface area (Å²) >= 11 is 1.74. The Kier molecular flexibility index (Phi) is 5.03. The Balaban J connectivity index is 2.14. The van der Waals surface area contributed by atoms with E-state index in [4.69, 9.17) is 14.5 Å². The van der Waals surface area contributed by atoms with Gasteiger partial charge in [0.05, 0.1) is 16.3 Å². The van der Waals surface area contributed by atoms with Crippen molar-refractivity contribution in [1.29, 1.82) is 0 Å². The second kappa shape index (κ2) is 6.28. The van der Waals surface area contributed by atoms with Crippen molar-refractivity contribution in [2.75, 3.05) is 6.61 Å². The first kappa shape index (κ1) is 16.8. The second-order valence-corrected chi connectivity index (χ2v) is 6.76. The lowest BCUT2D eigenvalue weighted by Gasteiger charge is -2.16. The molecule has 1 aromatic heterocycles. The van der Waals surface area contributed by atoms with Gasteiger partial charge in [-0.15, -0.1) is 0 Å². The van der Waals surface area contributed by atoms with E-state index in [0.29, 0.717) is 0 Å². The molecule has 4 N–H and O–H groups in total. The zero-order valence-electron chi connectivity index (χ0n) is 10.4. The highest BCUT2D eigenvalue weighted by atomic mass is 127. The zero-order chi connectivity index (χ0) is 15.8. The van der Waals surface area contributed by atoms with Crippen molar-refractivity contribution in [2.24, 2.45) is 0 Å². The molecule has 0 bridgehead atoms. The standard InChI is InChI=1S/C9H12IN2O8P/c10-4-2-12(9(15)11-8(4)14)7-1-5(13)6(20-7)3-19-21(16,17)18/h2,5-7,13H,1,3H2,(H,11,14,15)(H2,16,17,18)/t5-,6+,7-/m1/s1. The van der Waals surface area contributed by atoms with Crippen LogP contribution in [0.5, 0.6) is 0 Å². The Morgan fingerprint density at radius 1 is 1.52 bits per heavy atom. The first-order chi connectivity index (χ1) is 9.67. The fourth-order valence-corrected chi connectivity index (χ4v) is 2.66. The minimum atomic E-state index is -4.67. The average molecular weight is 434 g/mol. The number of aliphatic hydroxyl groups excluding tert-OH is 1. The highest BCUT2D eigenvalue weighted by Gasteiger charge is 2.37. The number of H-pyrrole nitrogens is 1. The number of hydrogen-bond acceptors (Lipinski definition) is 6. The summed E-state index contributed by atoms with van der Waals surface area (Å²) in [5, 5.41) is 9.79. The van der Waals surface area contributed by atoms with Gasteiger partial charge in [-0.3, -0.25) is 18.9 Å². The minimum Gasteiger partial charge on any atom is -0.390 e. The van der Waals surface area contributed by atoms with Gasteiger partial charge in [0.25, 0.3) is 5.56 Å². The summed E-state index contributed by atoms with van der Waals surface area (Å²) in [4.78, 5) is 42.3. The normalized spacial score (nSPS) is 26.2. The molecule has 2 heterocycles. The van der Waals surface area contributed by atoms with Crippen LogP contribution < -0.4 is 11.2 Å². The molecule has 1 aromatic rings. The molecule has 0 amide bonds. The number of ether oxygens (including phenoxy) is 1. The van der Waals surface area contributed by atoms with E-state index in [0.717, 1.165) is 4.57 Å². The third kappa shape index (κ3) is 4.22. The van der Waals surface area contributed by atoms with Gasteiger partial charge >= 0.3 is 13.5 Å². The van der Waals surface area contributed by atoms with Crippen LogP contribution in [0, 0.1) is 3.57 Å². The molecule has 10 nitrogen and oxygen atoms in total. The fourth-order valence-electron chi connectivity index (χ4n) is 1.88. The summed E-state index contributed by atoms with van der Waals surface area (Å²) in [6.07, 6.45) is -1.59. The monoisotopic (exact) mass is 434 g/mol. The Bertz CT molecular complexity index is 681. The second-order valence-electron chi connectivity index (χ2n) is 4.36. The molecule has 0 unspecified atom stereocenters. The topological polar surface area (TPSA) is 151 Å². The van der Waals surface area contributed by atoms with Crippen molar-refractivity contribution in [2.45, 2.75) is 24.9 Å². The lowest BCUT2D eigenvalue weighted by atomic mass is 10.2. The van der Waals surface area contributed by atoms with E-state index >= 15 is 0 Å². The van der Waals surface area contributed by atoms with E-state index in [1.807, 2.05) is 0 Å². The lowest BCUT2D eigenvalue weighted by Crippen LogP contribution is -2.33. The molecule has 21 heavy (non-hydrogen) atoms. The zero-order valence-corrected chi connectivity index (χ0v) is 13.4. The number of nitrogens with one attached hydrogen (secondary N) is 1. The maximum Gasteiger partial charge on any atom is 0.469 e. The van der Waals surface area contributed by atoms with Gasteiger partial charge in [-0.05, 0) is 22.6 Å². The largest absolute Gasteiger partial charge is 0.469 e. The van der Waals surface area contributed by atoms with Crippen LogP contribution in [0.3, 0.4) is 0 Å². The van der Waals surface area contributed by atoms with Gasteiger partial charge in [0.2, 0.25) is 0 Å². The number of rotatable bonds is 4. The summed E-state index contributed by atoms with van der Waals surface area (Å²) in [6.45, 7) is -0.517. The first-order valence-electron chi connectivity index (χ1n) is 5.72. The quantitative estimate of drug-likeness (QED) is 0.345. The Morgan fingerprint density at radius 3 is 2.81 bits per heavy atom. The molecule has 1 aliphatic heterocycles. The number of aromatic nitrogens is 2. The van der Waals surface area contributed by atoms with Crippen LogP contribution in [-0.4, -0.2) is 43.3 Å². The van der Waals surface area contributed by atoms with E-state index in [-0.39, 0.29) is 9.99 Å². The maximum absolute atomic E-state index is 11.7. The molecule has 0 radical (unpaired) electrons. The lowest BCUT2D eigenvalue weighted by molar-refractivity contribution is -0.0451. The van der Waals surface area contributed by atoms with Crippen LogP contribution in [0.2, 0.25) is 0 Å². The highest BCUT2D eigenvalue weighted by molar-refractivity contribution is 14.1. The molecule has 2 rings (SSSR count). The van der Waals surface area contributed by atoms with Crippen LogP contribution >= 0.6 is 30.4 Å². The average Bonchev–Trinajstić information content (AvgIpc) is 2.72. The number of halogens is 1. The van der Waals surface area contributed by atoms with E-state index in [2.05, 4.69) is 9.51 Å². The van der Waals surface area contributed by atoms with Gasteiger partial charge in [-0.25, -0.2) is 9.36 Å². The Hall–Kier alpha value is -0.560. The number of aliphatic hydroxyl groups is 1. The first-order valence-corrected chi connectivity index (χ1v) is 8.33. The molecule has 0 aliphatic carbocycles. The van der Waals surface area contributed by atoms with Gasteiger partial charge < -0.3 is 19.6 Å². The van der Waals surface area contributed by atoms with E-state index in [1.54, 1.807) is 22.6 Å². The molecule has 0 aromatic carbocycles. The summed E-state index contributed by atoms with van der Waals surface area (Å²) in [6, 6.07) is 0. The van der Waals surface area contributed by atoms with E-state index < -0.39 is 44.1 Å². The van der Waals surface area contributed by atoms with E-state index in [1.165, 1.54) is 6.20 Å². The molecule has 0 spiro atoms. The number of phosphoric ester groups is 1. The number of phosphoric acid groups is 1. The fraction of sp³-hybridized carbons (Fsp3) is 0.556. The van der Waals surface area contributed by atoms with Crippen molar-refractivity contribution in [3.63, 3.8) is 0 Å². The van der Waals surface area contributed by atoms with Crippen LogP contribution in [-0.2, 0) is 13.8 Å². The van der Waals surface area contributed by atoms with Crippen LogP contribution in [0.15, 0.2) is 15.8 Å². The van der Waals surface area contributed by atoms with Gasteiger partial charge in [-0.2, -0.15) is 0 Å². The van der Waals surface area contributed by atoms with Crippen molar-refractivity contribution in [3.8, 4) is 0 Å². The third-order valence-corrected chi connectivity index (χ3v) is 4.10. The smallest absolute Gasteiger partial charge is 0.390 e. The molecule has 1 fully saturated rings. The predicted octanol–water partition coefficient (Wildman–Crippen LogP) is -1.10. The molecule has 1 saturated heterocycles. The Morgan fingerprint density at radius 2 is 2.19 bits per heavy atom. The number of hydrogen-bond donors (Lipinski definition) is 4. The summed E-state index contributed by atoms with van der Waals surface area (Å²) in [5.74, 6) is 0. The van der Waals surface area contributed by atoms with Gasteiger partial charge in [0, 0.05) is 12.6 Å². The summed E-state index contributed by atoms with van der Waals surface area (Å²) in [7, 11) is -4.67. The summed E-state index contributed by atoms with van der Waals surface area (Å²) in [5.41, 5.74) is -1.23. The number of aromatic amines is 1. The maximum atomic E-state index is 11.7. The molecule has 1 aliphatic rings. The molecule has 118 valence electrons.